The van der Waals surface area contributed by atoms with Gasteiger partial charge in [0.2, 0.25) is 0 Å². The van der Waals surface area contributed by atoms with Crippen molar-refractivity contribution >= 4 is 27.5 Å². The number of phenols is 2. The summed E-state index contributed by atoms with van der Waals surface area (Å²) in [5, 5.41) is 17.5. The maximum Gasteiger partial charge on any atom is 0.173 e. The van der Waals surface area contributed by atoms with Gasteiger partial charge in [-0.15, -0.1) is 0 Å². The lowest BCUT2D eigenvalue weighted by atomic mass is 10.3. The van der Waals surface area contributed by atoms with Crippen LogP contribution in [0.25, 0.3) is 0 Å². The molecule has 0 aromatic heterocycles. The first kappa shape index (κ1) is 8.62. The lowest BCUT2D eigenvalue weighted by Gasteiger charge is -2.02. The molecule has 1 aromatic rings. The van der Waals surface area contributed by atoms with Gasteiger partial charge in [-0.25, -0.2) is 4.39 Å². The van der Waals surface area contributed by atoms with E-state index in [0.29, 0.717) is 0 Å². The van der Waals surface area contributed by atoms with Gasteiger partial charge in [0.1, 0.15) is 5.82 Å². The van der Waals surface area contributed by atoms with Crippen molar-refractivity contribution < 1.29 is 14.6 Å². The molecule has 0 heterocycles. The van der Waals surface area contributed by atoms with Crippen LogP contribution in [0, 0.1) is 5.82 Å². The molecule has 11 heavy (non-hydrogen) atoms. The standard InChI is InChI=1S/C6H3BrClFO2/c7-4-5(8)2(9)1-3(10)6(4)11/h1,10-11H. The van der Waals surface area contributed by atoms with E-state index < -0.39 is 17.3 Å². The second kappa shape index (κ2) is 2.87. The van der Waals surface area contributed by atoms with Crippen LogP contribution >= 0.6 is 27.5 Å². The van der Waals surface area contributed by atoms with E-state index >= 15 is 0 Å². The van der Waals surface area contributed by atoms with Crippen molar-refractivity contribution in [3.05, 3.63) is 21.4 Å². The Morgan fingerprint density at radius 2 is 2.00 bits per heavy atom. The molecular formula is C6H3BrClFO2. The molecule has 2 nitrogen and oxygen atoms in total. The summed E-state index contributed by atoms with van der Waals surface area (Å²) in [5.74, 6) is -1.79. The van der Waals surface area contributed by atoms with E-state index in [9.17, 15) is 4.39 Å². The predicted molar refractivity (Wildman–Crippen MR) is 42.4 cm³/mol. The Kier molecular flexibility index (Phi) is 2.25. The van der Waals surface area contributed by atoms with Gasteiger partial charge >= 0.3 is 0 Å². The lowest BCUT2D eigenvalue weighted by molar-refractivity contribution is 0.397. The molecule has 60 valence electrons. The van der Waals surface area contributed by atoms with Gasteiger partial charge in [0, 0.05) is 6.07 Å². The highest BCUT2D eigenvalue weighted by atomic mass is 79.9. The zero-order chi connectivity index (χ0) is 8.59. The normalized spacial score (nSPS) is 10.1. The third kappa shape index (κ3) is 1.41. The minimum atomic E-state index is -0.783. The fraction of sp³-hybridized carbons (Fsp3) is 0. The molecule has 5 heteroatoms. The summed E-state index contributed by atoms with van der Waals surface area (Å²) in [6.07, 6.45) is 0. The zero-order valence-corrected chi connectivity index (χ0v) is 7.45. The Balaban J connectivity index is 3.46. The molecule has 0 aliphatic heterocycles. The van der Waals surface area contributed by atoms with Gasteiger partial charge in [-0.3, -0.25) is 0 Å². The maximum absolute atomic E-state index is 12.6. The van der Waals surface area contributed by atoms with E-state index in [2.05, 4.69) is 15.9 Å². The molecule has 0 atom stereocenters. The smallest absolute Gasteiger partial charge is 0.173 e. The molecule has 0 fully saturated rings. The van der Waals surface area contributed by atoms with E-state index in [1.54, 1.807) is 0 Å². The quantitative estimate of drug-likeness (QED) is 0.541. The second-order valence-corrected chi connectivity index (χ2v) is 3.03. The Hall–Kier alpha value is -0.480. The van der Waals surface area contributed by atoms with Crippen LogP contribution < -0.4 is 0 Å². The first-order chi connectivity index (χ1) is 5.04. The minimum Gasteiger partial charge on any atom is -0.504 e. The molecule has 0 aliphatic carbocycles. The van der Waals surface area contributed by atoms with E-state index in [0.717, 1.165) is 6.07 Å². The van der Waals surface area contributed by atoms with Crippen LogP contribution in [-0.2, 0) is 0 Å². The van der Waals surface area contributed by atoms with Crippen LogP contribution in [0.1, 0.15) is 0 Å². The first-order valence-electron chi connectivity index (χ1n) is 2.59. The van der Waals surface area contributed by atoms with Crippen molar-refractivity contribution in [1.82, 2.24) is 0 Å². The highest BCUT2D eigenvalue weighted by Gasteiger charge is 2.13. The monoisotopic (exact) mass is 240 g/mol. The maximum atomic E-state index is 12.6. The fourth-order valence-electron chi connectivity index (χ4n) is 0.573. The molecule has 0 amide bonds. The van der Waals surface area contributed by atoms with E-state index in [1.165, 1.54) is 0 Å². The lowest BCUT2D eigenvalue weighted by Crippen LogP contribution is -1.79. The zero-order valence-electron chi connectivity index (χ0n) is 5.11. The summed E-state index contributed by atoms with van der Waals surface area (Å²) in [5.41, 5.74) is 0. The van der Waals surface area contributed by atoms with E-state index in [1.807, 2.05) is 0 Å². The summed E-state index contributed by atoms with van der Waals surface area (Å²) in [4.78, 5) is 0. The molecule has 0 unspecified atom stereocenters. The third-order valence-corrected chi connectivity index (χ3v) is 2.49. The minimum absolute atomic E-state index is 0.0448. The number of phenolic OH excluding ortho intramolecular Hbond substituents is 2. The van der Waals surface area contributed by atoms with Crippen molar-refractivity contribution in [2.75, 3.05) is 0 Å². The van der Waals surface area contributed by atoms with Crippen LogP contribution in [0.5, 0.6) is 11.5 Å². The van der Waals surface area contributed by atoms with Gasteiger partial charge in [0.05, 0.1) is 9.50 Å². The Labute approximate surface area is 75.4 Å². The second-order valence-electron chi connectivity index (χ2n) is 1.85. The van der Waals surface area contributed by atoms with Gasteiger partial charge < -0.3 is 10.2 Å². The highest BCUT2D eigenvalue weighted by molar-refractivity contribution is 9.10. The fourth-order valence-corrected chi connectivity index (χ4v) is 1.11. The van der Waals surface area contributed by atoms with Crippen LogP contribution in [0.15, 0.2) is 10.5 Å². The molecule has 0 radical (unpaired) electrons. The van der Waals surface area contributed by atoms with Crippen molar-refractivity contribution in [2.45, 2.75) is 0 Å². The van der Waals surface area contributed by atoms with Crippen molar-refractivity contribution in [3.8, 4) is 11.5 Å². The van der Waals surface area contributed by atoms with Gasteiger partial charge in [0.25, 0.3) is 0 Å². The first-order valence-corrected chi connectivity index (χ1v) is 3.76. The predicted octanol–water partition coefficient (Wildman–Crippen LogP) is 2.65. The number of hydrogen-bond donors (Lipinski definition) is 2. The summed E-state index contributed by atoms with van der Waals surface area (Å²) in [6, 6.07) is 0.739. The Morgan fingerprint density at radius 3 is 2.55 bits per heavy atom. The third-order valence-electron chi connectivity index (χ3n) is 1.12. The average molecular weight is 241 g/mol. The summed E-state index contributed by atoms with van der Waals surface area (Å²) in [6.45, 7) is 0. The van der Waals surface area contributed by atoms with Gasteiger partial charge in [-0.2, -0.15) is 0 Å². The van der Waals surface area contributed by atoms with Crippen molar-refractivity contribution in [3.63, 3.8) is 0 Å². The molecule has 0 bridgehead atoms. The molecular weight excluding hydrogens is 238 g/mol. The van der Waals surface area contributed by atoms with Crippen molar-refractivity contribution in [1.29, 1.82) is 0 Å². The van der Waals surface area contributed by atoms with E-state index in [-0.39, 0.29) is 9.50 Å². The van der Waals surface area contributed by atoms with Crippen LogP contribution in [0.4, 0.5) is 4.39 Å². The largest absolute Gasteiger partial charge is 0.504 e. The number of hydrogen-bond acceptors (Lipinski definition) is 2. The number of benzene rings is 1. The van der Waals surface area contributed by atoms with Crippen molar-refractivity contribution in [2.24, 2.45) is 0 Å². The summed E-state index contributed by atoms with van der Waals surface area (Å²) in [7, 11) is 0. The SMILES string of the molecule is Oc1cc(F)c(Cl)c(Br)c1O. The molecule has 2 N–H and O–H groups in total. The van der Waals surface area contributed by atoms with E-state index in [4.69, 9.17) is 21.8 Å². The van der Waals surface area contributed by atoms with Crippen LogP contribution in [0.3, 0.4) is 0 Å². The Bertz CT molecular complexity index is 277. The van der Waals surface area contributed by atoms with Gasteiger partial charge in [0.15, 0.2) is 11.5 Å². The molecule has 0 aliphatic rings. The molecule has 1 aromatic carbocycles. The Morgan fingerprint density at radius 1 is 1.45 bits per heavy atom. The van der Waals surface area contributed by atoms with Crippen LogP contribution in [-0.4, -0.2) is 10.2 Å². The number of halogens is 3. The number of aromatic hydroxyl groups is 2. The number of rotatable bonds is 0. The molecule has 1 rings (SSSR count). The van der Waals surface area contributed by atoms with Crippen LogP contribution in [0.2, 0.25) is 5.02 Å². The summed E-state index contributed by atoms with van der Waals surface area (Å²) < 4.78 is 12.5. The highest BCUT2D eigenvalue weighted by Crippen LogP contribution is 2.39. The average Bonchev–Trinajstić information content (AvgIpc) is 1.97. The summed E-state index contributed by atoms with van der Waals surface area (Å²) >= 11 is 8.16. The van der Waals surface area contributed by atoms with Gasteiger partial charge in [-0.05, 0) is 15.9 Å². The topological polar surface area (TPSA) is 40.5 Å². The molecule has 0 spiro atoms. The molecule has 0 saturated carbocycles. The molecule has 0 saturated heterocycles. The van der Waals surface area contributed by atoms with Gasteiger partial charge in [-0.1, -0.05) is 11.6 Å².